The second-order valence-electron chi connectivity index (χ2n) is 5.11. The number of hydrogen-bond donors (Lipinski definition) is 1. The van der Waals surface area contributed by atoms with Crippen LogP contribution < -0.4 is 0 Å². The van der Waals surface area contributed by atoms with Gasteiger partial charge >= 0.3 is 0 Å². The zero-order chi connectivity index (χ0) is 15.4. The van der Waals surface area contributed by atoms with Crippen LogP contribution in [0.5, 0.6) is 0 Å². The van der Waals surface area contributed by atoms with Crippen molar-refractivity contribution in [2.45, 2.75) is 51.4 Å². The van der Waals surface area contributed by atoms with Crippen molar-refractivity contribution in [3.05, 3.63) is 12.7 Å². The third-order valence-corrected chi connectivity index (χ3v) is 3.18. The molecule has 1 N–H and O–H groups in total. The lowest BCUT2D eigenvalue weighted by molar-refractivity contribution is 0.00719. The summed E-state index contributed by atoms with van der Waals surface area (Å²) >= 11 is 0. The standard InChI is InChI=1S/C17H34O4/c1-2-3-4-5-6-7-8-9-10-12-19-14-16-21-17-15-20-13-11-18/h2,18H,1,3-17H2. The maximum Gasteiger partial charge on any atom is 0.0701 e. The lowest BCUT2D eigenvalue weighted by Crippen LogP contribution is -2.11. The van der Waals surface area contributed by atoms with Gasteiger partial charge in [-0.15, -0.1) is 6.58 Å². The van der Waals surface area contributed by atoms with Crippen LogP contribution in [0.15, 0.2) is 12.7 Å². The quantitative estimate of drug-likeness (QED) is 0.312. The van der Waals surface area contributed by atoms with E-state index in [2.05, 4.69) is 6.58 Å². The number of ether oxygens (including phenoxy) is 3. The first-order valence-electron chi connectivity index (χ1n) is 8.36. The Labute approximate surface area is 130 Å². The molecule has 0 atom stereocenters. The number of unbranched alkanes of at least 4 members (excludes halogenated alkanes) is 7. The smallest absolute Gasteiger partial charge is 0.0701 e. The molecule has 0 bridgehead atoms. The third-order valence-electron chi connectivity index (χ3n) is 3.18. The van der Waals surface area contributed by atoms with Gasteiger partial charge in [-0.3, -0.25) is 0 Å². The van der Waals surface area contributed by atoms with Crippen molar-refractivity contribution < 1.29 is 19.3 Å². The topological polar surface area (TPSA) is 47.9 Å². The molecule has 0 amide bonds. The molecule has 0 aromatic heterocycles. The molecule has 0 aliphatic rings. The van der Waals surface area contributed by atoms with Gasteiger partial charge in [0.15, 0.2) is 0 Å². The number of rotatable bonds is 18. The summed E-state index contributed by atoms with van der Waals surface area (Å²) in [6.45, 7) is 7.39. The number of allylic oxidation sites excluding steroid dienone is 1. The molecular weight excluding hydrogens is 268 g/mol. The van der Waals surface area contributed by atoms with Crippen molar-refractivity contribution >= 4 is 0 Å². The van der Waals surface area contributed by atoms with Crippen LogP contribution in [0.4, 0.5) is 0 Å². The maximum absolute atomic E-state index is 8.50. The second-order valence-corrected chi connectivity index (χ2v) is 5.11. The Bertz CT molecular complexity index is 197. The van der Waals surface area contributed by atoms with Gasteiger partial charge in [0.25, 0.3) is 0 Å². The molecule has 126 valence electrons. The minimum Gasteiger partial charge on any atom is -0.394 e. The van der Waals surface area contributed by atoms with E-state index in [1.807, 2.05) is 6.08 Å². The van der Waals surface area contributed by atoms with E-state index in [-0.39, 0.29) is 6.61 Å². The minimum absolute atomic E-state index is 0.0674. The Morgan fingerprint density at radius 3 is 1.67 bits per heavy atom. The normalized spacial score (nSPS) is 10.9. The van der Waals surface area contributed by atoms with Crippen molar-refractivity contribution in [1.29, 1.82) is 0 Å². The molecule has 0 fully saturated rings. The van der Waals surface area contributed by atoms with E-state index in [4.69, 9.17) is 19.3 Å². The largest absolute Gasteiger partial charge is 0.394 e. The van der Waals surface area contributed by atoms with Gasteiger partial charge in [-0.05, 0) is 19.3 Å². The monoisotopic (exact) mass is 302 g/mol. The molecule has 4 nitrogen and oxygen atoms in total. The summed E-state index contributed by atoms with van der Waals surface area (Å²) in [4.78, 5) is 0. The van der Waals surface area contributed by atoms with Crippen molar-refractivity contribution in [3.63, 3.8) is 0 Å². The first-order valence-corrected chi connectivity index (χ1v) is 8.36. The van der Waals surface area contributed by atoms with Gasteiger partial charge < -0.3 is 19.3 Å². The average molecular weight is 302 g/mol. The molecule has 0 rings (SSSR count). The minimum atomic E-state index is 0.0674. The SMILES string of the molecule is C=CCCCCCCCCCOCCOCCOCCO. The summed E-state index contributed by atoms with van der Waals surface area (Å²) in [5, 5.41) is 8.50. The van der Waals surface area contributed by atoms with E-state index < -0.39 is 0 Å². The fourth-order valence-corrected chi connectivity index (χ4v) is 1.98. The van der Waals surface area contributed by atoms with Crippen LogP contribution in [-0.4, -0.2) is 51.4 Å². The highest BCUT2D eigenvalue weighted by atomic mass is 16.5. The van der Waals surface area contributed by atoms with Crippen LogP contribution in [0.3, 0.4) is 0 Å². The Balaban J connectivity index is 2.91. The fraction of sp³-hybridized carbons (Fsp3) is 0.882. The van der Waals surface area contributed by atoms with Gasteiger partial charge in [-0.1, -0.05) is 38.2 Å². The zero-order valence-electron chi connectivity index (χ0n) is 13.6. The van der Waals surface area contributed by atoms with Crippen LogP contribution in [0, 0.1) is 0 Å². The molecule has 0 saturated carbocycles. The first-order chi connectivity index (χ1) is 10.4. The molecule has 4 heteroatoms. The Hall–Kier alpha value is -0.420. The molecule has 0 aromatic rings. The highest BCUT2D eigenvalue weighted by Crippen LogP contribution is 2.08. The van der Waals surface area contributed by atoms with E-state index in [0.717, 1.165) is 19.4 Å². The van der Waals surface area contributed by atoms with E-state index in [0.29, 0.717) is 33.0 Å². The van der Waals surface area contributed by atoms with Crippen LogP contribution in [-0.2, 0) is 14.2 Å². The molecule has 0 saturated heterocycles. The van der Waals surface area contributed by atoms with Gasteiger partial charge in [0, 0.05) is 6.61 Å². The second kappa shape index (κ2) is 19.6. The molecule has 0 aliphatic heterocycles. The van der Waals surface area contributed by atoms with Crippen LogP contribution >= 0.6 is 0 Å². The summed E-state index contributed by atoms with van der Waals surface area (Å²) in [6.07, 6.45) is 12.2. The van der Waals surface area contributed by atoms with Crippen molar-refractivity contribution in [2.24, 2.45) is 0 Å². The van der Waals surface area contributed by atoms with Crippen molar-refractivity contribution in [1.82, 2.24) is 0 Å². The number of aliphatic hydroxyl groups excluding tert-OH is 1. The highest BCUT2D eigenvalue weighted by molar-refractivity contribution is 4.65. The molecule has 0 aliphatic carbocycles. The van der Waals surface area contributed by atoms with Crippen LogP contribution in [0.1, 0.15) is 51.4 Å². The predicted octanol–water partition coefficient (Wildman–Crippen LogP) is 3.34. The van der Waals surface area contributed by atoms with Crippen LogP contribution in [0.2, 0.25) is 0 Å². The fourth-order valence-electron chi connectivity index (χ4n) is 1.98. The molecule has 21 heavy (non-hydrogen) atoms. The molecule has 0 unspecified atom stereocenters. The maximum atomic E-state index is 8.50. The summed E-state index contributed by atoms with van der Waals surface area (Å²) < 4.78 is 15.9. The summed E-state index contributed by atoms with van der Waals surface area (Å²) in [6, 6.07) is 0. The van der Waals surface area contributed by atoms with Gasteiger partial charge in [-0.25, -0.2) is 0 Å². The predicted molar refractivity (Wildman–Crippen MR) is 86.7 cm³/mol. The Morgan fingerprint density at radius 1 is 0.619 bits per heavy atom. The van der Waals surface area contributed by atoms with E-state index in [1.165, 1.54) is 38.5 Å². The lowest BCUT2D eigenvalue weighted by atomic mass is 10.1. The molecule has 0 radical (unpaired) electrons. The third kappa shape index (κ3) is 19.6. The van der Waals surface area contributed by atoms with Gasteiger partial charge in [0.2, 0.25) is 0 Å². The average Bonchev–Trinajstić information content (AvgIpc) is 2.50. The summed E-state index contributed by atoms with van der Waals surface area (Å²) in [7, 11) is 0. The lowest BCUT2D eigenvalue weighted by Gasteiger charge is -2.06. The Morgan fingerprint density at radius 2 is 1.10 bits per heavy atom. The summed E-state index contributed by atoms with van der Waals surface area (Å²) in [5.74, 6) is 0. The van der Waals surface area contributed by atoms with E-state index in [1.54, 1.807) is 0 Å². The highest BCUT2D eigenvalue weighted by Gasteiger charge is 1.93. The van der Waals surface area contributed by atoms with Gasteiger partial charge in [0.1, 0.15) is 0 Å². The molecule has 0 heterocycles. The summed E-state index contributed by atoms with van der Waals surface area (Å²) in [5.41, 5.74) is 0. The van der Waals surface area contributed by atoms with Gasteiger partial charge in [0.05, 0.1) is 39.6 Å². The van der Waals surface area contributed by atoms with Crippen molar-refractivity contribution in [3.8, 4) is 0 Å². The molecule has 0 aromatic carbocycles. The zero-order valence-corrected chi connectivity index (χ0v) is 13.6. The van der Waals surface area contributed by atoms with Gasteiger partial charge in [-0.2, -0.15) is 0 Å². The Kier molecular flexibility index (Phi) is 19.2. The number of aliphatic hydroxyl groups is 1. The van der Waals surface area contributed by atoms with Crippen molar-refractivity contribution in [2.75, 3.05) is 46.2 Å². The van der Waals surface area contributed by atoms with Crippen LogP contribution in [0.25, 0.3) is 0 Å². The molecular formula is C17H34O4. The number of hydrogen-bond acceptors (Lipinski definition) is 4. The van der Waals surface area contributed by atoms with E-state index in [9.17, 15) is 0 Å². The van der Waals surface area contributed by atoms with E-state index >= 15 is 0 Å². The molecule has 0 spiro atoms. The first kappa shape index (κ1) is 20.6.